The summed E-state index contributed by atoms with van der Waals surface area (Å²) >= 11 is 2.09. The molecular weight excluding hydrogens is 190 g/mol. The van der Waals surface area contributed by atoms with Crippen molar-refractivity contribution in [2.24, 2.45) is 5.92 Å². The zero-order chi connectivity index (χ0) is 10.4. The highest BCUT2D eigenvalue weighted by Gasteiger charge is 2.13. The largest absolute Gasteiger partial charge is 0.311 e. The molecule has 1 aliphatic rings. The van der Waals surface area contributed by atoms with Crippen molar-refractivity contribution in [3.63, 3.8) is 0 Å². The normalized spacial score (nSPS) is 23.4. The molecule has 0 aromatic heterocycles. The summed E-state index contributed by atoms with van der Waals surface area (Å²) in [6.07, 6.45) is 5.09. The van der Waals surface area contributed by atoms with Crippen LogP contribution >= 0.6 is 11.8 Å². The average molecular weight is 213 g/mol. The van der Waals surface area contributed by atoms with Gasteiger partial charge in [0, 0.05) is 12.6 Å². The molecule has 1 fully saturated rings. The molecule has 0 bridgehead atoms. The van der Waals surface area contributed by atoms with E-state index in [9.17, 15) is 0 Å². The summed E-state index contributed by atoms with van der Waals surface area (Å²) < 4.78 is 0. The van der Waals surface area contributed by atoms with E-state index in [0.29, 0.717) is 6.04 Å². The topological polar surface area (TPSA) is 12.0 Å². The Morgan fingerprint density at radius 2 is 2.36 bits per heavy atom. The highest BCUT2D eigenvalue weighted by Crippen LogP contribution is 2.25. The molecule has 1 aliphatic heterocycles. The third-order valence-electron chi connectivity index (χ3n) is 2.63. The Kier molecular flexibility index (Phi) is 5.64. The molecule has 1 unspecified atom stereocenters. The quantitative estimate of drug-likeness (QED) is 0.704. The summed E-state index contributed by atoms with van der Waals surface area (Å²) in [4.78, 5) is 0. The van der Waals surface area contributed by atoms with Gasteiger partial charge >= 0.3 is 0 Å². The maximum atomic E-state index is 3.50. The first kappa shape index (κ1) is 12.1. The van der Waals surface area contributed by atoms with Gasteiger partial charge in [0.25, 0.3) is 0 Å². The van der Waals surface area contributed by atoms with Gasteiger partial charge in [-0.25, -0.2) is 0 Å². The molecule has 0 radical (unpaired) electrons. The lowest BCUT2D eigenvalue weighted by Crippen LogP contribution is -2.25. The lowest BCUT2D eigenvalue weighted by molar-refractivity contribution is 0.609. The first-order chi connectivity index (χ1) is 6.72. The van der Waals surface area contributed by atoms with Crippen molar-refractivity contribution in [3.05, 3.63) is 11.6 Å². The van der Waals surface area contributed by atoms with Crippen LogP contribution in [0.3, 0.4) is 0 Å². The lowest BCUT2D eigenvalue weighted by Gasteiger charge is -2.12. The Balaban J connectivity index is 2.35. The summed E-state index contributed by atoms with van der Waals surface area (Å²) in [6, 6.07) is 0.600. The first-order valence-corrected chi connectivity index (χ1v) is 6.88. The number of hydrogen-bond donors (Lipinski definition) is 1. The van der Waals surface area contributed by atoms with Gasteiger partial charge in [-0.3, -0.25) is 0 Å². The predicted molar refractivity (Wildman–Crippen MR) is 66.9 cm³/mol. The summed E-state index contributed by atoms with van der Waals surface area (Å²) in [5.41, 5.74) is 1.59. The molecule has 1 N–H and O–H groups in total. The minimum absolute atomic E-state index is 0.600. The van der Waals surface area contributed by atoms with Gasteiger partial charge in [-0.2, -0.15) is 11.8 Å². The van der Waals surface area contributed by atoms with E-state index < -0.39 is 0 Å². The van der Waals surface area contributed by atoms with Gasteiger partial charge in [0.1, 0.15) is 0 Å². The van der Waals surface area contributed by atoms with Crippen molar-refractivity contribution in [3.8, 4) is 0 Å². The monoisotopic (exact) mass is 213 g/mol. The summed E-state index contributed by atoms with van der Waals surface area (Å²) in [6.45, 7) is 7.75. The number of hydrogen-bond acceptors (Lipinski definition) is 2. The van der Waals surface area contributed by atoms with Crippen LogP contribution in [0.25, 0.3) is 0 Å². The number of allylic oxidation sites excluding steroid dienone is 1. The van der Waals surface area contributed by atoms with E-state index in [4.69, 9.17) is 0 Å². The first-order valence-electron chi connectivity index (χ1n) is 5.73. The summed E-state index contributed by atoms with van der Waals surface area (Å²) in [5.74, 6) is 3.55. The lowest BCUT2D eigenvalue weighted by atomic mass is 10.0. The molecule has 0 saturated carbocycles. The highest BCUT2D eigenvalue weighted by atomic mass is 32.2. The van der Waals surface area contributed by atoms with Crippen molar-refractivity contribution in [1.82, 2.24) is 5.32 Å². The smallest absolute Gasteiger partial charge is 0.0166 e. The Labute approximate surface area is 92.7 Å². The van der Waals surface area contributed by atoms with E-state index in [-0.39, 0.29) is 0 Å². The molecule has 0 aromatic rings. The molecule has 1 heterocycles. The third-order valence-corrected chi connectivity index (χ3v) is 3.82. The summed E-state index contributed by atoms with van der Waals surface area (Å²) in [5, 5.41) is 3.50. The molecule has 1 atom stereocenters. The molecule has 1 saturated heterocycles. The van der Waals surface area contributed by atoms with E-state index in [1.807, 2.05) is 0 Å². The average Bonchev–Trinajstić information content (AvgIpc) is 2.64. The van der Waals surface area contributed by atoms with Gasteiger partial charge in [0.05, 0.1) is 0 Å². The molecule has 82 valence electrons. The van der Waals surface area contributed by atoms with Crippen LogP contribution in [-0.2, 0) is 0 Å². The van der Waals surface area contributed by atoms with Gasteiger partial charge in [-0.05, 0) is 30.3 Å². The second kappa shape index (κ2) is 6.52. The second-order valence-corrected chi connectivity index (χ2v) is 5.49. The fourth-order valence-corrected chi connectivity index (χ4v) is 2.86. The standard InChI is InChI=1S/C12H23NS/c1-4-11(8-13-10(2)3)7-12-5-6-14-9-12/h7,10,12-13H,4-6,8-9H2,1-3H3. The van der Waals surface area contributed by atoms with Crippen LogP contribution < -0.4 is 5.32 Å². The fraction of sp³-hybridized carbons (Fsp3) is 0.833. The van der Waals surface area contributed by atoms with E-state index in [2.05, 4.69) is 43.9 Å². The minimum atomic E-state index is 0.600. The van der Waals surface area contributed by atoms with Gasteiger partial charge in [-0.1, -0.05) is 32.4 Å². The molecule has 0 amide bonds. The second-order valence-electron chi connectivity index (χ2n) is 4.34. The molecule has 2 heteroatoms. The Morgan fingerprint density at radius 3 is 2.86 bits per heavy atom. The van der Waals surface area contributed by atoms with Crippen molar-refractivity contribution < 1.29 is 0 Å². The zero-order valence-corrected chi connectivity index (χ0v) is 10.5. The third kappa shape index (κ3) is 4.52. The Hall–Kier alpha value is 0.0500. The van der Waals surface area contributed by atoms with Crippen LogP contribution in [-0.4, -0.2) is 24.1 Å². The molecule has 14 heavy (non-hydrogen) atoms. The Bertz CT molecular complexity index is 181. The van der Waals surface area contributed by atoms with E-state index in [0.717, 1.165) is 12.5 Å². The van der Waals surface area contributed by atoms with Crippen LogP contribution in [0.2, 0.25) is 0 Å². The van der Waals surface area contributed by atoms with Gasteiger partial charge in [0.15, 0.2) is 0 Å². The SMILES string of the molecule is CCC(=CC1CCSC1)CNC(C)C. The molecule has 1 rings (SSSR count). The molecule has 0 spiro atoms. The number of rotatable bonds is 5. The molecular formula is C12H23NS. The van der Waals surface area contributed by atoms with Crippen LogP contribution in [0.4, 0.5) is 0 Å². The van der Waals surface area contributed by atoms with Gasteiger partial charge in [-0.15, -0.1) is 0 Å². The minimum Gasteiger partial charge on any atom is -0.311 e. The van der Waals surface area contributed by atoms with Crippen LogP contribution in [0, 0.1) is 5.92 Å². The Morgan fingerprint density at radius 1 is 1.57 bits per heavy atom. The van der Waals surface area contributed by atoms with Crippen molar-refractivity contribution in [1.29, 1.82) is 0 Å². The van der Waals surface area contributed by atoms with Crippen molar-refractivity contribution in [2.75, 3.05) is 18.1 Å². The van der Waals surface area contributed by atoms with Gasteiger partial charge in [0.2, 0.25) is 0 Å². The van der Waals surface area contributed by atoms with Crippen LogP contribution in [0.5, 0.6) is 0 Å². The van der Waals surface area contributed by atoms with Crippen molar-refractivity contribution >= 4 is 11.8 Å². The summed E-state index contributed by atoms with van der Waals surface area (Å²) in [7, 11) is 0. The molecule has 0 aliphatic carbocycles. The van der Waals surface area contributed by atoms with Crippen molar-refractivity contribution in [2.45, 2.75) is 39.7 Å². The number of thioether (sulfide) groups is 1. The van der Waals surface area contributed by atoms with Gasteiger partial charge < -0.3 is 5.32 Å². The number of nitrogens with one attached hydrogen (secondary N) is 1. The van der Waals surface area contributed by atoms with E-state index in [1.165, 1.54) is 24.3 Å². The van der Waals surface area contributed by atoms with E-state index >= 15 is 0 Å². The maximum Gasteiger partial charge on any atom is 0.0166 e. The molecule has 1 nitrogen and oxygen atoms in total. The van der Waals surface area contributed by atoms with Crippen LogP contribution in [0.1, 0.15) is 33.6 Å². The molecule has 0 aromatic carbocycles. The zero-order valence-electron chi connectivity index (χ0n) is 9.68. The van der Waals surface area contributed by atoms with E-state index in [1.54, 1.807) is 5.57 Å². The van der Waals surface area contributed by atoms with Crippen LogP contribution in [0.15, 0.2) is 11.6 Å². The fourth-order valence-electron chi connectivity index (χ4n) is 1.65. The highest BCUT2D eigenvalue weighted by molar-refractivity contribution is 7.99. The predicted octanol–water partition coefficient (Wildman–Crippen LogP) is 3.07. The maximum absolute atomic E-state index is 3.50.